The van der Waals surface area contributed by atoms with Gasteiger partial charge in [0.25, 0.3) is 0 Å². The van der Waals surface area contributed by atoms with Crippen molar-refractivity contribution in [2.75, 3.05) is 19.0 Å². The third kappa shape index (κ3) is 5.91. The highest BCUT2D eigenvalue weighted by Gasteiger charge is 2.36. The van der Waals surface area contributed by atoms with Crippen molar-refractivity contribution in [1.29, 1.82) is 0 Å². The van der Waals surface area contributed by atoms with Crippen LogP contribution in [0.1, 0.15) is 44.9 Å². The van der Waals surface area contributed by atoms with E-state index in [2.05, 4.69) is 21.2 Å². The van der Waals surface area contributed by atoms with Gasteiger partial charge in [-0.25, -0.2) is 9.48 Å². The topological polar surface area (TPSA) is 87.5 Å². The molecule has 8 nitrogen and oxygen atoms in total. The zero-order valence-corrected chi connectivity index (χ0v) is 24.3. The van der Waals surface area contributed by atoms with Gasteiger partial charge in [-0.15, -0.1) is 5.10 Å². The Labute approximate surface area is 233 Å². The van der Waals surface area contributed by atoms with Crippen LogP contribution in [0.15, 0.2) is 57.3 Å². The number of ether oxygens (including phenoxy) is 3. The van der Waals surface area contributed by atoms with E-state index < -0.39 is 12.0 Å². The SMILES string of the molecule is CCOc1c(Br)cc(C2C(C(=O)OC(C)C)=C(C)Nc3nc(SCc4ccccc4Cl)nn32)cc1OC. The number of carbonyl (C=O) groups is 1. The molecule has 0 saturated heterocycles. The van der Waals surface area contributed by atoms with Crippen LogP contribution in [-0.4, -0.2) is 40.6 Å². The molecule has 0 saturated carbocycles. The van der Waals surface area contributed by atoms with Crippen molar-refractivity contribution in [2.45, 2.75) is 50.8 Å². The number of aromatic nitrogens is 3. The van der Waals surface area contributed by atoms with Crippen LogP contribution in [0.5, 0.6) is 11.5 Å². The summed E-state index contributed by atoms with van der Waals surface area (Å²) in [5.41, 5.74) is 2.83. The van der Waals surface area contributed by atoms with Crippen LogP contribution in [0.25, 0.3) is 0 Å². The van der Waals surface area contributed by atoms with E-state index in [4.69, 9.17) is 35.9 Å². The lowest BCUT2D eigenvalue weighted by Gasteiger charge is -2.29. The average molecular weight is 608 g/mol. The van der Waals surface area contributed by atoms with Crippen molar-refractivity contribution in [3.8, 4) is 11.5 Å². The number of esters is 1. The van der Waals surface area contributed by atoms with Crippen LogP contribution >= 0.6 is 39.3 Å². The van der Waals surface area contributed by atoms with E-state index in [1.165, 1.54) is 11.8 Å². The van der Waals surface area contributed by atoms with Gasteiger partial charge in [-0.3, -0.25) is 0 Å². The second-order valence-electron chi connectivity index (χ2n) is 8.53. The van der Waals surface area contributed by atoms with Crippen LogP contribution in [0.2, 0.25) is 5.02 Å². The maximum absolute atomic E-state index is 13.3. The molecule has 1 unspecified atom stereocenters. The zero-order chi connectivity index (χ0) is 26.7. The predicted molar refractivity (Wildman–Crippen MR) is 149 cm³/mol. The Morgan fingerprint density at radius 1 is 1.30 bits per heavy atom. The first kappa shape index (κ1) is 27.3. The zero-order valence-electron chi connectivity index (χ0n) is 21.2. The Hall–Kier alpha value is -2.69. The molecule has 4 rings (SSSR count). The third-order valence-electron chi connectivity index (χ3n) is 5.57. The summed E-state index contributed by atoms with van der Waals surface area (Å²) in [6, 6.07) is 10.8. The monoisotopic (exact) mass is 606 g/mol. The third-order valence-corrected chi connectivity index (χ3v) is 7.41. The molecule has 11 heteroatoms. The largest absolute Gasteiger partial charge is 0.493 e. The number of allylic oxidation sites excluding steroid dienone is 1. The van der Waals surface area contributed by atoms with Crippen molar-refractivity contribution >= 4 is 51.2 Å². The number of nitrogens with one attached hydrogen (secondary N) is 1. The summed E-state index contributed by atoms with van der Waals surface area (Å²) in [5.74, 6) is 1.82. The first-order valence-corrected chi connectivity index (χ1v) is 13.9. The lowest BCUT2D eigenvalue weighted by Crippen LogP contribution is -2.30. The number of halogens is 2. The number of hydrogen-bond acceptors (Lipinski definition) is 8. The van der Waals surface area contributed by atoms with E-state index >= 15 is 0 Å². The molecular weight excluding hydrogens is 580 g/mol. The van der Waals surface area contributed by atoms with Crippen molar-refractivity contribution in [2.24, 2.45) is 0 Å². The number of methoxy groups -OCH3 is 1. The second-order valence-corrected chi connectivity index (χ2v) is 10.7. The van der Waals surface area contributed by atoms with Gasteiger partial charge in [0.05, 0.1) is 29.9 Å². The summed E-state index contributed by atoms with van der Waals surface area (Å²) in [7, 11) is 1.58. The van der Waals surface area contributed by atoms with Gasteiger partial charge < -0.3 is 19.5 Å². The molecule has 1 aliphatic heterocycles. The number of benzene rings is 2. The maximum Gasteiger partial charge on any atom is 0.338 e. The fraction of sp³-hybridized carbons (Fsp3) is 0.346. The fourth-order valence-electron chi connectivity index (χ4n) is 3.98. The van der Waals surface area contributed by atoms with E-state index in [0.29, 0.717) is 55.7 Å². The van der Waals surface area contributed by atoms with Crippen molar-refractivity contribution < 1.29 is 19.0 Å². The summed E-state index contributed by atoms with van der Waals surface area (Å²) in [6.45, 7) is 7.85. The van der Waals surface area contributed by atoms with E-state index in [0.717, 1.165) is 11.1 Å². The minimum absolute atomic E-state index is 0.283. The highest BCUT2D eigenvalue weighted by atomic mass is 79.9. The molecule has 2 heterocycles. The molecule has 1 aliphatic rings. The Balaban J connectivity index is 1.78. The van der Waals surface area contributed by atoms with Crippen molar-refractivity contribution in [3.05, 3.63) is 68.3 Å². The average Bonchev–Trinajstić information content (AvgIpc) is 3.25. The number of hydrogen-bond donors (Lipinski definition) is 1. The first-order chi connectivity index (χ1) is 17.7. The molecule has 0 radical (unpaired) electrons. The van der Waals surface area contributed by atoms with Crippen LogP contribution in [0.3, 0.4) is 0 Å². The van der Waals surface area contributed by atoms with Gasteiger partial charge in [-0.1, -0.05) is 41.6 Å². The van der Waals surface area contributed by atoms with Gasteiger partial charge in [0, 0.05) is 16.5 Å². The van der Waals surface area contributed by atoms with Gasteiger partial charge in [-0.05, 0) is 73.0 Å². The number of fused-ring (bicyclic) bond motifs is 1. The Morgan fingerprint density at radius 3 is 2.73 bits per heavy atom. The number of anilines is 1. The standard InChI is InChI=1S/C26H28BrClN4O4S/c1-6-35-23-18(27)11-17(12-20(23)34-5)22-21(24(33)36-14(2)3)15(4)29-25-30-26(31-32(22)25)37-13-16-9-7-8-10-19(16)28/h7-12,14,22H,6,13H2,1-5H3,(H,29,30,31). The molecule has 0 amide bonds. The number of carbonyl (C=O) groups excluding carboxylic acids is 1. The first-order valence-electron chi connectivity index (χ1n) is 11.7. The molecule has 2 aromatic carbocycles. The summed E-state index contributed by atoms with van der Waals surface area (Å²) in [5, 5.41) is 9.25. The van der Waals surface area contributed by atoms with Gasteiger partial charge in [0.15, 0.2) is 11.5 Å². The van der Waals surface area contributed by atoms with Gasteiger partial charge in [-0.2, -0.15) is 4.98 Å². The minimum atomic E-state index is -0.606. The van der Waals surface area contributed by atoms with E-state index in [1.54, 1.807) is 11.8 Å². The number of nitrogens with zero attached hydrogens (tertiary/aromatic N) is 3. The molecular formula is C26H28BrClN4O4S. The molecule has 0 spiro atoms. The quantitative estimate of drug-likeness (QED) is 0.214. The molecule has 37 heavy (non-hydrogen) atoms. The Morgan fingerprint density at radius 2 is 2.05 bits per heavy atom. The van der Waals surface area contributed by atoms with Crippen molar-refractivity contribution in [1.82, 2.24) is 14.8 Å². The fourth-order valence-corrected chi connectivity index (χ4v) is 5.67. The second kappa shape index (κ2) is 11.8. The van der Waals surface area contributed by atoms with Crippen LogP contribution in [-0.2, 0) is 15.3 Å². The lowest BCUT2D eigenvalue weighted by atomic mass is 9.95. The minimum Gasteiger partial charge on any atom is -0.493 e. The molecule has 1 atom stereocenters. The van der Waals surface area contributed by atoms with Crippen LogP contribution in [0.4, 0.5) is 5.95 Å². The predicted octanol–water partition coefficient (Wildman–Crippen LogP) is 6.63. The number of rotatable bonds is 9. The molecule has 0 fully saturated rings. The summed E-state index contributed by atoms with van der Waals surface area (Å²) in [4.78, 5) is 18.0. The van der Waals surface area contributed by atoms with E-state index in [9.17, 15) is 4.79 Å². The summed E-state index contributed by atoms with van der Waals surface area (Å²) >= 11 is 11.4. The molecule has 0 aliphatic carbocycles. The Bertz CT molecular complexity index is 1340. The molecule has 196 valence electrons. The van der Waals surface area contributed by atoms with Gasteiger partial charge >= 0.3 is 5.97 Å². The van der Waals surface area contributed by atoms with Gasteiger partial charge in [0.1, 0.15) is 6.04 Å². The van der Waals surface area contributed by atoms with Crippen LogP contribution in [0, 0.1) is 0 Å². The summed E-state index contributed by atoms with van der Waals surface area (Å²) in [6.07, 6.45) is -0.283. The van der Waals surface area contributed by atoms with E-state index in [1.807, 2.05) is 64.1 Å². The van der Waals surface area contributed by atoms with Gasteiger partial charge in [0.2, 0.25) is 11.1 Å². The van der Waals surface area contributed by atoms with E-state index in [-0.39, 0.29) is 6.10 Å². The Kier molecular flexibility index (Phi) is 8.71. The smallest absolute Gasteiger partial charge is 0.338 e. The molecule has 1 N–H and O–H groups in total. The molecule has 0 bridgehead atoms. The maximum atomic E-state index is 13.3. The summed E-state index contributed by atoms with van der Waals surface area (Å²) < 4.78 is 19.4. The number of thioether (sulfide) groups is 1. The van der Waals surface area contributed by atoms with Crippen LogP contribution < -0.4 is 14.8 Å². The molecule has 1 aromatic heterocycles. The lowest BCUT2D eigenvalue weighted by molar-refractivity contribution is -0.143. The van der Waals surface area contributed by atoms with Crippen molar-refractivity contribution in [3.63, 3.8) is 0 Å². The highest BCUT2D eigenvalue weighted by Crippen LogP contribution is 2.43. The molecule has 3 aromatic rings. The highest BCUT2D eigenvalue weighted by molar-refractivity contribution is 9.10. The normalized spacial score (nSPS) is 14.9.